The molecule has 1 amide bonds. The molecular weight excluding hydrogens is 403 g/mol. The van der Waals surface area contributed by atoms with Crippen molar-refractivity contribution < 1.29 is 14.8 Å². The number of nitriles is 1. The highest BCUT2D eigenvalue weighted by Crippen LogP contribution is 2.17. The van der Waals surface area contributed by atoms with E-state index in [1.165, 1.54) is 6.33 Å². The van der Waals surface area contributed by atoms with E-state index in [1.54, 1.807) is 18.3 Å². The van der Waals surface area contributed by atoms with Crippen LogP contribution in [0.4, 0.5) is 0 Å². The van der Waals surface area contributed by atoms with Crippen LogP contribution in [0, 0.1) is 11.3 Å². The first-order valence-corrected chi connectivity index (χ1v) is 10.2. The van der Waals surface area contributed by atoms with Crippen LogP contribution in [0.1, 0.15) is 28.8 Å². The highest BCUT2D eigenvalue weighted by molar-refractivity contribution is 6.43. The standard InChI is InChI=1S/C24H23BN4O3/c26-16-21(22-11-12-27-17-28-22)14-20-8-4-7-19(13-20)9-10-24(30)29-23(25(31)32)15-18-5-2-1-3-6-18/h1-8,11-14,17,23,31-32H,9-10,15H2,(H,29,30)/t23-/m0/s1. The van der Waals surface area contributed by atoms with E-state index in [0.717, 1.165) is 16.7 Å². The van der Waals surface area contributed by atoms with Crippen molar-refractivity contribution in [2.75, 3.05) is 0 Å². The van der Waals surface area contributed by atoms with Crippen LogP contribution in [0.15, 0.2) is 73.2 Å². The fraction of sp³-hybridized carbons (Fsp3) is 0.167. The van der Waals surface area contributed by atoms with Gasteiger partial charge < -0.3 is 15.4 Å². The van der Waals surface area contributed by atoms with E-state index in [-0.39, 0.29) is 12.3 Å². The number of allylic oxidation sites excluding steroid dienone is 1. The molecule has 32 heavy (non-hydrogen) atoms. The molecule has 8 heteroatoms. The van der Waals surface area contributed by atoms with Gasteiger partial charge in [0.15, 0.2) is 0 Å². The average molecular weight is 426 g/mol. The van der Waals surface area contributed by atoms with E-state index in [9.17, 15) is 20.1 Å². The maximum Gasteiger partial charge on any atom is 0.475 e. The molecule has 160 valence electrons. The molecule has 0 saturated heterocycles. The summed E-state index contributed by atoms with van der Waals surface area (Å²) in [5, 5.41) is 31.4. The van der Waals surface area contributed by atoms with Crippen LogP contribution >= 0.6 is 0 Å². The SMILES string of the molecule is N#CC(=Cc1cccc(CCC(=O)N[C@@H](Cc2ccccc2)B(O)O)c1)c1ccncn1. The molecule has 3 aromatic rings. The van der Waals surface area contributed by atoms with Crippen LogP contribution in [0.3, 0.4) is 0 Å². The molecular formula is C24H23BN4O3. The Balaban J connectivity index is 1.61. The van der Waals surface area contributed by atoms with Crippen molar-refractivity contribution in [1.29, 1.82) is 5.26 Å². The highest BCUT2D eigenvalue weighted by Gasteiger charge is 2.25. The van der Waals surface area contributed by atoms with E-state index in [2.05, 4.69) is 21.4 Å². The van der Waals surface area contributed by atoms with E-state index >= 15 is 0 Å². The van der Waals surface area contributed by atoms with Crippen molar-refractivity contribution in [3.05, 3.63) is 95.6 Å². The summed E-state index contributed by atoms with van der Waals surface area (Å²) in [7, 11) is -1.65. The second-order valence-corrected chi connectivity index (χ2v) is 7.29. The molecule has 7 nitrogen and oxygen atoms in total. The Hall–Kier alpha value is -3.80. The molecule has 1 aromatic heterocycles. The van der Waals surface area contributed by atoms with Crippen molar-refractivity contribution >= 4 is 24.7 Å². The number of rotatable bonds is 9. The number of amides is 1. The molecule has 1 atom stereocenters. The van der Waals surface area contributed by atoms with Crippen molar-refractivity contribution in [3.8, 4) is 6.07 Å². The van der Waals surface area contributed by atoms with Gasteiger partial charge in [0.1, 0.15) is 12.4 Å². The van der Waals surface area contributed by atoms with Crippen molar-refractivity contribution in [2.24, 2.45) is 0 Å². The Labute approximate surface area is 187 Å². The number of aryl methyl sites for hydroxylation is 1. The van der Waals surface area contributed by atoms with Crippen LogP contribution < -0.4 is 5.32 Å². The zero-order valence-corrected chi connectivity index (χ0v) is 17.4. The molecule has 3 rings (SSSR count). The predicted molar refractivity (Wildman–Crippen MR) is 123 cm³/mol. The van der Waals surface area contributed by atoms with Gasteiger partial charge in [0.25, 0.3) is 0 Å². The lowest BCUT2D eigenvalue weighted by Gasteiger charge is -2.18. The third-order valence-corrected chi connectivity index (χ3v) is 4.89. The summed E-state index contributed by atoms with van der Waals surface area (Å²) in [6.07, 6.45) is 5.71. The van der Waals surface area contributed by atoms with E-state index in [0.29, 0.717) is 24.1 Å². The lowest BCUT2D eigenvalue weighted by atomic mass is 9.76. The number of hydrogen-bond acceptors (Lipinski definition) is 6. The maximum atomic E-state index is 12.4. The quantitative estimate of drug-likeness (QED) is 0.357. The number of nitrogens with one attached hydrogen (secondary N) is 1. The van der Waals surface area contributed by atoms with Gasteiger partial charge in [-0.1, -0.05) is 54.6 Å². The summed E-state index contributed by atoms with van der Waals surface area (Å²) in [6, 6.07) is 20.7. The molecule has 3 N–H and O–H groups in total. The summed E-state index contributed by atoms with van der Waals surface area (Å²) in [4.78, 5) is 20.4. The summed E-state index contributed by atoms with van der Waals surface area (Å²) >= 11 is 0. The van der Waals surface area contributed by atoms with Crippen LogP contribution in [0.5, 0.6) is 0 Å². The second-order valence-electron chi connectivity index (χ2n) is 7.29. The average Bonchev–Trinajstić information content (AvgIpc) is 2.82. The monoisotopic (exact) mass is 426 g/mol. The van der Waals surface area contributed by atoms with E-state index in [1.807, 2.05) is 54.6 Å². The molecule has 2 aromatic carbocycles. The van der Waals surface area contributed by atoms with Gasteiger partial charge in [-0.3, -0.25) is 4.79 Å². The Morgan fingerprint density at radius 2 is 1.91 bits per heavy atom. The molecule has 0 bridgehead atoms. The topological polar surface area (TPSA) is 119 Å². The molecule has 0 saturated carbocycles. The van der Waals surface area contributed by atoms with Gasteiger partial charge in [-0.15, -0.1) is 0 Å². The number of nitrogens with zero attached hydrogens (tertiary/aromatic N) is 3. The third kappa shape index (κ3) is 6.88. The molecule has 0 aliphatic heterocycles. The number of aromatic nitrogens is 2. The molecule has 0 aliphatic rings. The predicted octanol–water partition coefficient (Wildman–Crippen LogP) is 2.21. The summed E-state index contributed by atoms with van der Waals surface area (Å²) < 4.78 is 0. The third-order valence-electron chi connectivity index (χ3n) is 4.89. The molecule has 0 radical (unpaired) electrons. The van der Waals surface area contributed by atoms with E-state index in [4.69, 9.17) is 0 Å². The molecule has 0 fully saturated rings. The largest absolute Gasteiger partial charge is 0.475 e. The lowest BCUT2D eigenvalue weighted by Crippen LogP contribution is -2.47. The summed E-state index contributed by atoms with van der Waals surface area (Å²) in [6.45, 7) is 0. The van der Waals surface area contributed by atoms with Crippen molar-refractivity contribution in [2.45, 2.75) is 25.2 Å². The van der Waals surface area contributed by atoms with Crippen LogP contribution in [0.25, 0.3) is 11.6 Å². The highest BCUT2D eigenvalue weighted by atomic mass is 16.4. The van der Waals surface area contributed by atoms with Crippen LogP contribution in [-0.4, -0.2) is 39.0 Å². The summed E-state index contributed by atoms with van der Waals surface area (Å²) in [5.74, 6) is -1.05. The van der Waals surface area contributed by atoms with Crippen molar-refractivity contribution in [3.63, 3.8) is 0 Å². The maximum absolute atomic E-state index is 12.4. The molecule has 0 spiro atoms. The van der Waals surface area contributed by atoms with Crippen LogP contribution in [0.2, 0.25) is 0 Å². The first-order valence-electron chi connectivity index (χ1n) is 10.2. The van der Waals surface area contributed by atoms with Gasteiger partial charge in [-0.25, -0.2) is 9.97 Å². The smallest absolute Gasteiger partial charge is 0.426 e. The fourth-order valence-electron chi connectivity index (χ4n) is 3.25. The molecule has 0 unspecified atom stereocenters. The minimum atomic E-state index is -1.65. The second kappa shape index (κ2) is 11.6. The number of carbonyl (C=O) groups is 1. The van der Waals surface area contributed by atoms with Gasteiger partial charge in [-0.05, 0) is 41.7 Å². The van der Waals surface area contributed by atoms with E-state index < -0.39 is 13.1 Å². The van der Waals surface area contributed by atoms with Gasteiger partial charge in [0.2, 0.25) is 5.91 Å². The fourth-order valence-corrected chi connectivity index (χ4v) is 3.25. The Bertz CT molecular complexity index is 1100. The van der Waals surface area contributed by atoms with Crippen LogP contribution in [-0.2, 0) is 17.6 Å². The number of benzene rings is 2. The first kappa shape index (κ1) is 22.9. The molecule has 1 heterocycles. The zero-order valence-electron chi connectivity index (χ0n) is 17.4. The lowest BCUT2D eigenvalue weighted by molar-refractivity contribution is -0.121. The molecule has 0 aliphatic carbocycles. The minimum Gasteiger partial charge on any atom is -0.426 e. The Morgan fingerprint density at radius 3 is 2.59 bits per heavy atom. The van der Waals surface area contributed by atoms with Gasteiger partial charge in [0.05, 0.1) is 17.2 Å². The minimum absolute atomic E-state index is 0.197. The normalized spacial score (nSPS) is 12.0. The van der Waals surface area contributed by atoms with Gasteiger partial charge in [0, 0.05) is 12.6 Å². The van der Waals surface area contributed by atoms with Gasteiger partial charge >= 0.3 is 7.12 Å². The van der Waals surface area contributed by atoms with Gasteiger partial charge in [-0.2, -0.15) is 5.26 Å². The van der Waals surface area contributed by atoms with Crippen molar-refractivity contribution in [1.82, 2.24) is 15.3 Å². The Morgan fingerprint density at radius 1 is 1.12 bits per heavy atom. The first-order chi connectivity index (χ1) is 15.5. The Kier molecular flexibility index (Phi) is 8.26. The zero-order chi connectivity index (χ0) is 22.8. The summed E-state index contributed by atoms with van der Waals surface area (Å²) in [5.41, 5.74) is 3.62. The number of hydrogen-bond donors (Lipinski definition) is 3. The number of carbonyl (C=O) groups excluding carboxylic acids is 1.